The molecule has 0 atom stereocenters. The van der Waals surface area contributed by atoms with Gasteiger partial charge in [-0.15, -0.1) is 0 Å². The molecule has 1 heterocycles. The fourth-order valence-electron chi connectivity index (χ4n) is 0.892. The van der Waals surface area contributed by atoms with Crippen LogP contribution in [0.25, 0.3) is 11.0 Å². The Morgan fingerprint density at radius 2 is 2.18 bits per heavy atom. The molecule has 0 bridgehead atoms. The van der Waals surface area contributed by atoms with Crippen molar-refractivity contribution in [3.63, 3.8) is 0 Å². The lowest BCUT2D eigenvalue weighted by Crippen LogP contribution is -1.80. The average Bonchev–Trinajstić information content (AvgIpc) is 2.04. The summed E-state index contributed by atoms with van der Waals surface area (Å²) in [5, 5.41) is 0.673. The van der Waals surface area contributed by atoms with Gasteiger partial charge in [0.05, 0.1) is 17.2 Å². The molecule has 0 saturated heterocycles. The molecular formula is C8H4ClN2. The van der Waals surface area contributed by atoms with E-state index in [1.807, 2.05) is 6.07 Å². The van der Waals surface area contributed by atoms with Crippen molar-refractivity contribution in [1.29, 1.82) is 0 Å². The van der Waals surface area contributed by atoms with Gasteiger partial charge in [0.25, 0.3) is 0 Å². The van der Waals surface area contributed by atoms with E-state index in [0.29, 0.717) is 5.02 Å². The van der Waals surface area contributed by atoms with Crippen molar-refractivity contribution in [1.82, 2.24) is 9.97 Å². The summed E-state index contributed by atoms with van der Waals surface area (Å²) in [5.74, 6) is 0. The van der Waals surface area contributed by atoms with Crippen molar-refractivity contribution in [2.45, 2.75) is 0 Å². The topological polar surface area (TPSA) is 25.8 Å². The highest BCUT2D eigenvalue weighted by Gasteiger charge is 1.93. The van der Waals surface area contributed by atoms with Crippen LogP contribution in [0.5, 0.6) is 0 Å². The first kappa shape index (κ1) is 6.55. The van der Waals surface area contributed by atoms with Crippen molar-refractivity contribution in [2.75, 3.05) is 0 Å². The number of benzene rings is 1. The fourth-order valence-corrected chi connectivity index (χ4v) is 1.06. The Morgan fingerprint density at radius 3 is 3.09 bits per heavy atom. The van der Waals surface area contributed by atoms with Crippen LogP contribution in [-0.4, -0.2) is 9.97 Å². The van der Waals surface area contributed by atoms with Gasteiger partial charge in [0, 0.05) is 5.02 Å². The molecule has 53 valence electrons. The van der Waals surface area contributed by atoms with Crippen molar-refractivity contribution < 1.29 is 0 Å². The lowest BCUT2D eigenvalue weighted by molar-refractivity contribution is 1.28. The van der Waals surface area contributed by atoms with Crippen LogP contribution in [0.15, 0.2) is 24.4 Å². The zero-order chi connectivity index (χ0) is 7.68. The number of hydrogen-bond donors (Lipinski definition) is 0. The van der Waals surface area contributed by atoms with Crippen molar-refractivity contribution >= 4 is 22.6 Å². The Bertz CT molecular complexity index is 387. The van der Waals surface area contributed by atoms with Gasteiger partial charge in [-0.2, -0.15) is 0 Å². The predicted octanol–water partition coefficient (Wildman–Crippen LogP) is 2.08. The zero-order valence-corrected chi connectivity index (χ0v) is 6.34. The van der Waals surface area contributed by atoms with Crippen molar-refractivity contribution in [3.05, 3.63) is 35.6 Å². The van der Waals surface area contributed by atoms with Gasteiger partial charge in [-0.3, -0.25) is 4.98 Å². The Balaban J connectivity index is 2.83. The molecule has 11 heavy (non-hydrogen) atoms. The summed E-state index contributed by atoms with van der Waals surface area (Å²) in [6.45, 7) is 0. The second-order valence-corrected chi connectivity index (χ2v) is 2.57. The van der Waals surface area contributed by atoms with Crippen LogP contribution in [-0.2, 0) is 0 Å². The highest BCUT2D eigenvalue weighted by atomic mass is 35.5. The molecule has 0 fully saturated rings. The van der Waals surface area contributed by atoms with Gasteiger partial charge >= 0.3 is 0 Å². The van der Waals surface area contributed by atoms with E-state index >= 15 is 0 Å². The van der Waals surface area contributed by atoms with Gasteiger partial charge in [-0.1, -0.05) is 11.6 Å². The highest BCUT2D eigenvalue weighted by Crippen LogP contribution is 2.14. The minimum absolute atomic E-state index is 0.673. The maximum absolute atomic E-state index is 5.74. The van der Waals surface area contributed by atoms with Gasteiger partial charge in [0.2, 0.25) is 0 Å². The van der Waals surface area contributed by atoms with Gasteiger partial charge < -0.3 is 0 Å². The molecule has 2 rings (SSSR count). The zero-order valence-electron chi connectivity index (χ0n) is 5.58. The summed E-state index contributed by atoms with van der Waals surface area (Å²) in [5.41, 5.74) is 1.62. The van der Waals surface area contributed by atoms with Gasteiger partial charge in [-0.25, -0.2) is 4.98 Å². The van der Waals surface area contributed by atoms with Crippen LogP contribution >= 0.6 is 11.6 Å². The van der Waals surface area contributed by atoms with Crippen LogP contribution < -0.4 is 0 Å². The van der Waals surface area contributed by atoms with Crippen LogP contribution in [0.2, 0.25) is 5.02 Å². The second-order valence-electron chi connectivity index (χ2n) is 2.13. The van der Waals surface area contributed by atoms with E-state index in [4.69, 9.17) is 11.6 Å². The lowest BCUT2D eigenvalue weighted by Gasteiger charge is -1.93. The summed E-state index contributed by atoms with van der Waals surface area (Å²) in [6, 6.07) is 5.39. The molecule has 0 aliphatic heterocycles. The Hall–Kier alpha value is -1.15. The Kier molecular flexibility index (Phi) is 1.47. The first-order valence-corrected chi connectivity index (χ1v) is 3.52. The third-order valence-corrected chi connectivity index (χ3v) is 1.62. The van der Waals surface area contributed by atoms with E-state index in [1.54, 1.807) is 12.1 Å². The lowest BCUT2D eigenvalue weighted by atomic mass is 10.3. The SMILES string of the molecule is Clc1ccc2nc[c]nc2c1. The molecule has 0 aliphatic rings. The summed E-state index contributed by atoms with van der Waals surface area (Å²) in [7, 11) is 0. The second kappa shape index (κ2) is 2.47. The minimum atomic E-state index is 0.673. The van der Waals surface area contributed by atoms with Crippen LogP contribution in [0, 0.1) is 6.20 Å². The molecule has 0 saturated carbocycles. The monoisotopic (exact) mass is 163 g/mol. The number of fused-ring (bicyclic) bond motifs is 1. The van der Waals surface area contributed by atoms with Crippen molar-refractivity contribution in [3.8, 4) is 0 Å². The van der Waals surface area contributed by atoms with Crippen LogP contribution in [0.4, 0.5) is 0 Å². The largest absolute Gasteiger partial charge is 0.252 e. The third kappa shape index (κ3) is 1.17. The van der Waals surface area contributed by atoms with E-state index < -0.39 is 0 Å². The number of nitrogens with zero attached hydrogens (tertiary/aromatic N) is 2. The number of aromatic nitrogens is 2. The van der Waals surface area contributed by atoms with Crippen LogP contribution in [0.3, 0.4) is 0 Å². The quantitative estimate of drug-likeness (QED) is 0.594. The third-order valence-electron chi connectivity index (χ3n) is 1.38. The van der Waals surface area contributed by atoms with E-state index in [2.05, 4.69) is 16.2 Å². The van der Waals surface area contributed by atoms with E-state index in [-0.39, 0.29) is 0 Å². The molecule has 1 aromatic heterocycles. The normalized spacial score (nSPS) is 10.3. The first-order chi connectivity index (χ1) is 5.36. The highest BCUT2D eigenvalue weighted by molar-refractivity contribution is 6.31. The van der Waals surface area contributed by atoms with Gasteiger partial charge in [-0.05, 0) is 18.2 Å². The maximum Gasteiger partial charge on any atom is 0.109 e. The Morgan fingerprint density at radius 1 is 1.27 bits per heavy atom. The van der Waals surface area contributed by atoms with Crippen molar-refractivity contribution in [2.24, 2.45) is 0 Å². The summed E-state index contributed by atoms with van der Waals surface area (Å²) >= 11 is 5.74. The summed E-state index contributed by atoms with van der Waals surface area (Å²) < 4.78 is 0. The fraction of sp³-hybridized carbons (Fsp3) is 0. The minimum Gasteiger partial charge on any atom is -0.252 e. The number of halogens is 1. The molecule has 3 heteroatoms. The predicted molar refractivity (Wildman–Crippen MR) is 43.4 cm³/mol. The molecule has 2 aromatic rings. The maximum atomic E-state index is 5.74. The Labute approximate surface area is 68.9 Å². The molecular weight excluding hydrogens is 160 g/mol. The summed E-state index contributed by atoms with van der Waals surface area (Å²) in [4.78, 5) is 8.02. The molecule has 2 nitrogen and oxygen atoms in total. The molecule has 0 spiro atoms. The number of hydrogen-bond acceptors (Lipinski definition) is 2. The van der Waals surface area contributed by atoms with E-state index in [1.165, 1.54) is 6.20 Å². The molecule has 0 N–H and O–H groups in total. The standard InChI is InChI=1S/C8H4ClN2/c9-6-1-2-7-8(5-6)11-4-3-10-7/h1-3,5H. The average molecular weight is 164 g/mol. The molecule has 0 unspecified atom stereocenters. The van der Waals surface area contributed by atoms with Gasteiger partial charge in [0.15, 0.2) is 0 Å². The van der Waals surface area contributed by atoms with Crippen LogP contribution in [0.1, 0.15) is 0 Å². The number of rotatable bonds is 0. The van der Waals surface area contributed by atoms with E-state index in [0.717, 1.165) is 11.0 Å². The molecule has 1 aromatic carbocycles. The first-order valence-electron chi connectivity index (χ1n) is 3.14. The van der Waals surface area contributed by atoms with E-state index in [9.17, 15) is 0 Å². The van der Waals surface area contributed by atoms with Gasteiger partial charge in [0.1, 0.15) is 6.20 Å². The summed E-state index contributed by atoms with van der Waals surface area (Å²) in [6.07, 6.45) is 4.18. The molecule has 1 radical (unpaired) electrons. The smallest absolute Gasteiger partial charge is 0.109 e. The molecule has 0 aliphatic carbocycles. The molecule has 0 amide bonds.